The van der Waals surface area contributed by atoms with Gasteiger partial charge in [0, 0.05) is 21.9 Å². The monoisotopic (exact) mass is 330 g/mol. The predicted octanol–water partition coefficient (Wildman–Crippen LogP) is 3.95. The van der Waals surface area contributed by atoms with Crippen LogP contribution in [0.15, 0.2) is 54.6 Å². The van der Waals surface area contributed by atoms with E-state index in [1.807, 2.05) is 43.3 Å². The summed E-state index contributed by atoms with van der Waals surface area (Å²) in [5.74, 6) is -1.47. The van der Waals surface area contributed by atoms with Crippen LogP contribution in [0.4, 0.5) is 0 Å². The Morgan fingerprint density at radius 3 is 2.44 bits per heavy atom. The first-order chi connectivity index (χ1) is 12.0. The van der Waals surface area contributed by atoms with Crippen molar-refractivity contribution in [2.45, 2.75) is 6.92 Å². The van der Waals surface area contributed by atoms with E-state index >= 15 is 0 Å². The van der Waals surface area contributed by atoms with E-state index in [1.165, 1.54) is 6.07 Å². The second-order valence-electron chi connectivity index (χ2n) is 5.95. The molecule has 4 aromatic rings. The van der Waals surface area contributed by atoms with Crippen molar-refractivity contribution in [3.63, 3.8) is 0 Å². The number of ketones is 1. The van der Waals surface area contributed by atoms with Crippen molar-refractivity contribution in [1.82, 2.24) is 9.97 Å². The minimum atomic E-state index is -1.16. The number of aromatic nitrogens is 2. The van der Waals surface area contributed by atoms with Crippen molar-refractivity contribution >= 4 is 33.6 Å². The maximum Gasteiger partial charge on any atom is 0.354 e. The van der Waals surface area contributed by atoms with Crippen LogP contribution >= 0.6 is 0 Å². The summed E-state index contributed by atoms with van der Waals surface area (Å²) in [6, 6.07) is 16.2. The number of fused-ring (bicyclic) bond motifs is 3. The van der Waals surface area contributed by atoms with Gasteiger partial charge in [0.1, 0.15) is 11.4 Å². The molecule has 122 valence electrons. The minimum Gasteiger partial charge on any atom is -0.477 e. The zero-order chi connectivity index (χ0) is 17.6. The number of hydrogen-bond acceptors (Lipinski definition) is 3. The molecule has 2 aromatic heterocycles. The predicted molar refractivity (Wildman–Crippen MR) is 95.2 cm³/mol. The molecule has 2 heterocycles. The molecule has 0 radical (unpaired) electrons. The van der Waals surface area contributed by atoms with Crippen LogP contribution in [-0.4, -0.2) is 26.8 Å². The first-order valence-corrected chi connectivity index (χ1v) is 7.81. The number of carboxylic acids is 1. The fraction of sp³-hybridized carbons (Fsp3) is 0.0500. The maximum atomic E-state index is 12.9. The van der Waals surface area contributed by atoms with Gasteiger partial charge in [-0.1, -0.05) is 48.0 Å². The number of H-pyrrole nitrogens is 1. The lowest BCUT2D eigenvalue weighted by molar-refractivity contribution is 0.0690. The van der Waals surface area contributed by atoms with E-state index in [-0.39, 0.29) is 17.2 Å². The third-order valence-electron chi connectivity index (χ3n) is 4.24. The topological polar surface area (TPSA) is 83.1 Å². The number of rotatable bonds is 3. The molecule has 0 aliphatic heterocycles. The van der Waals surface area contributed by atoms with Crippen LogP contribution in [0.25, 0.3) is 21.8 Å². The van der Waals surface area contributed by atoms with Crippen LogP contribution < -0.4 is 0 Å². The maximum absolute atomic E-state index is 12.9. The number of hydrogen-bond donors (Lipinski definition) is 2. The van der Waals surface area contributed by atoms with Crippen molar-refractivity contribution in [2.24, 2.45) is 0 Å². The number of aryl methyl sites for hydroxylation is 1. The van der Waals surface area contributed by atoms with Gasteiger partial charge in [0.2, 0.25) is 5.78 Å². The van der Waals surface area contributed by atoms with Gasteiger partial charge in [-0.3, -0.25) is 4.79 Å². The Bertz CT molecular complexity index is 1140. The van der Waals surface area contributed by atoms with Crippen LogP contribution in [0.3, 0.4) is 0 Å². The number of nitrogens with one attached hydrogen (secondary N) is 1. The van der Waals surface area contributed by atoms with Gasteiger partial charge in [-0.05, 0) is 19.1 Å². The number of carboxylic acid groups (broad SMARTS) is 1. The normalized spacial score (nSPS) is 11.1. The summed E-state index contributed by atoms with van der Waals surface area (Å²) in [6.45, 7) is 1.94. The third-order valence-corrected chi connectivity index (χ3v) is 4.24. The van der Waals surface area contributed by atoms with Crippen LogP contribution in [0.2, 0.25) is 0 Å². The van der Waals surface area contributed by atoms with Crippen molar-refractivity contribution in [1.29, 1.82) is 0 Å². The summed E-state index contributed by atoms with van der Waals surface area (Å²) in [7, 11) is 0. The van der Waals surface area contributed by atoms with Crippen LogP contribution in [0.5, 0.6) is 0 Å². The van der Waals surface area contributed by atoms with E-state index < -0.39 is 5.97 Å². The molecule has 5 nitrogen and oxygen atoms in total. The van der Waals surface area contributed by atoms with Gasteiger partial charge in [-0.25, -0.2) is 9.78 Å². The Balaban J connectivity index is 2.02. The van der Waals surface area contributed by atoms with Crippen LogP contribution in [0, 0.1) is 6.92 Å². The average molecular weight is 330 g/mol. The van der Waals surface area contributed by atoms with Gasteiger partial charge in [0.25, 0.3) is 0 Å². The van der Waals surface area contributed by atoms with E-state index in [1.54, 1.807) is 12.1 Å². The molecule has 0 aliphatic carbocycles. The molecule has 0 unspecified atom stereocenters. The van der Waals surface area contributed by atoms with E-state index in [0.29, 0.717) is 16.5 Å². The quantitative estimate of drug-likeness (QED) is 0.557. The Morgan fingerprint density at radius 1 is 1.00 bits per heavy atom. The largest absolute Gasteiger partial charge is 0.477 e. The smallest absolute Gasteiger partial charge is 0.354 e. The molecule has 0 spiro atoms. The highest BCUT2D eigenvalue weighted by molar-refractivity contribution is 6.19. The second-order valence-corrected chi connectivity index (χ2v) is 5.95. The Labute approximate surface area is 142 Å². The molecule has 0 saturated heterocycles. The Hall–Kier alpha value is -3.47. The van der Waals surface area contributed by atoms with Crippen LogP contribution in [-0.2, 0) is 0 Å². The number of carbonyl (C=O) groups excluding carboxylic acids is 1. The lowest BCUT2D eigenvalue weighted by Gasteiger charge is -2.05. The molecule has 4 rings (SSSR count). The molecule has 0 bridgehead atoms. The summed E-state index contributed by atoms with van der Waals surface area (Å²) in [5, 5.41) is 10.9. The lowest BCUT2D eigenvalue weighted by Crippen LogP contribution is -2.10. The van der Waals surface area contributed by atoms with E-state index in [9.17, 15) is 14.7 Å². The highest BCUT2D eigenvalue weighted by atomic mass is 16.4. The van der Waals surface area contributed by atoms with E-state index in [0.717, 1.165) is 16.5 Å². The molecule has 0 amide bonds. The van der Waals surface area contributed by atoms with Gasteiger partial charge in [-0.15, -0.1) is 0 Å². The first kappa shape index (κ1) is 15.1. The number of para-hydroxylation sites is 1. The second kappa shape index (κ2) is 5.56. The number of pyridine rings is 1. The molecule has 5 heteroatoms. The van der Waals surface area contributed by atoms with Crippen molar-refractivity contribution in [2.75, 3.05) is 0 Å². The first-order valence-electron chi connectivity index (χ1n) is 7.81. The number of nitrogens with zero attached hydrogens (tertiary/aromatic N) is 1. The number of benzene rings is 2. The molecule has 0 atom stereocenters. The zero-order valence-electron chi connectivity index (χ0n) is 13.4. The SMILES string of the molecule is Cc1ccc(C(=O)c2nc(C(=O)O)cc3c2[nH]c2ccccc23)cc1. The molecule has 25 heavy (non-hydrogen) atoms. The summed E-state index contributed by atoms with van der Waals surface area (Å²) < 4.78 is 0. The molecule has 2 aromatic carbocycles. The van der Waals surface area contributed by atoms with Crippen molar-refractivity contribution < 1.29 is 14.7 Å². The van der Waals surface area contributed by atoms with Crippen molar-refractivity contribution in [3.8, 4) is 0 Å². The number of carbonyl (C=O) groups is 2. The van der Waals surface area contributed by atoms with Gasteiger partial charge in [0.15, 0.2) is 0 Å². The minimum absolute atomic E-state index is 0.120. The highest BCUT2D eigenvalue weighted by Crippen LogP contribution is 2.28. The van der Waals surface area contributed by atoms with Gasteiger partial charge < -0.3 is 10.1 Å². The standard InChI is InChI=1S/C20H14N2O3/c1-11-6-8-12(9-7-11)19(23)18-17-14(10-16(22-18)20(24)25)13-4-2-3-5-15(13)21-17/h2-10,21H,1H3,(H,24,25). The molecular weight excluding hydrogens is 316 g/mol. The van der Waals surface area contributed by atoms with Crippen molar-refractivity contribution in [3.05, 3.63) is 77.1 Å². The Kier molecular flexibility index (Phi) is 3.35. The molecule has 0 fully saturated rings. The fourth-order valence-corrected chi connectivity index (χ4v) is 2.96. The zero-order valence-corrected chi connectivity index (χ0v) is 13.4. The summed E-state index contributed by atoms with van der Waals surface area (Å²) >= 11 is 0. The third kappa shape index (κ3) is 2.46. The summed E-state index contributed by atoms with van der Waals surface area (Å²) in [6.07, 6.45) is 0. The fourth-order valence-electron chi connectivity index (χ4n) is 2.96. The Morgan fingerprint density at radius 2 is 1.72 bits per heavy atom. The van der Waals surface area contributed by atoms with Crippen LogP contribution in [0.1, 0.15) is 32.1 Å². The number of aromatic carboxylic acids is 1. The molecular formula is C20H14N2O3. The molecule has 0 aliphatic rings. The molecule has 0 saturated carbocycles. The highest BCUT2D eigenvalue weighted by Gasteiger charge is 2.20. The van der Waals surface area contributed by atoms with Gasteiger partial charge >= 0.3 is 5.97 Å². The van der Waals surface area contributed by atoms with Gasteiger partial charge in [0.05, 0.1) is 5.52 Å². The average Bonchev–Trinajstić information content (AvgIpc) is 2.99. The van der Waals surface area contributed by atoms with E-state index in [4.69, 9.17) is 0 Å². The summed E-state index contributed by atoms with van der Waals surface area (Å²) in [4.78, 5) is 31.7. The number of aromatic amines is 1. The molecule has 2 N–H and O–H groups in total. The summed E-state index contributed by atoms with van der Waals surface area (Å²) in [5.41, 5.74) is 2.87. The van der Waals surface area contributed by atoms with Gasteiger partial charge in [-0.2, -0.15) is 0 Å². The van der Waals surface area contributed by atoms with E-state index in [2.05, 4.69) is 9.97 Å². The lowest BCUT2D eigenvalue weighted by atomic mass is 10.0.